The van der Waals surface area contributed by atoms with E-state index in [1.165, 1.54) is 6.07 Å². The summed E-state index contributed by atoms with van der Waals surface area (Å²) in [6, 6.07) is 1.33. The maximum absolute atomic E-state index is 12.0. The molecule has 0 radical (unpaired) electrons. The van der Waals surface area contributed by atoms with Gasteiger partial charge in [-0.2, -0.15) is 0 Å². The molecule has 2 rings (SSSR count). The molecule has 1 aromatic heterocycles. The lowest BCUT2D eigenvalue weighted by Gasteiger charge is -2.07. The molecule has 0 aliphatic heterocycles. The summed E-state index contributed by atoms with van der Waals surface area (Å²) in [5.74, 6) is -1.50. The van der Waals surface area contributed by atoms with Crippen LogP contribution < -0.4 is 16.9 Å². The van der Waals surface area contributed by atoms with Gasteiger partial charge in [0.05, 0.1) is 9.86 Å². The molecule has 0 spiro atoms. The monoisotopic (exact) mass is 376 g/mol. The molecule has 6 nitrogen and oxygen atoms in total. The fourth-order valence-corrected chi connectivity index (χ4v) is 2.70. The maximum Gasteiger partial charge on any atom is 0.258 e. The van der Waals surface area contributed by atoms with Crippen LogP contribution in [0.3, 0.4) is 0 Å². The van der Waals surface area contributed by atoms with E-state index in [2.05, 4.69) is 31.9 Å². The summed E-state index contributed by atoms with van der Waals surface area (Å²) in [6.07, 6.45) is 0. The third kappa shape index (κ3) is 1.77. The van der Waals surface area contributed by atoms with Crippen molar-refractivity contribution in [1.29, 1.82) is 0 Å². The molecule has 8 heteroatoms. The second-order valence-electron chi connectivity index (χ2n) is 3.43. The Bertz CT molecular complexity index is 739. The first-order valence-electron chi connectivity index (χ1n) is 4.57. The van der Waals surface area contributed by atoms with Gasteiger partial charge in [-0.3, -0.25) is 9.59 Å². The Hall–Kier alpha value is -1.54. The van der Waals surface area contributed by atoms with Crippen molar-refractivity contribution in [1.82, 2.24) is 0 Å². The molecule has 0 saturated carbocycles. The standard InChI is InChI=1S/C10H6Br2N2O4/c11-3-1-2-6(15)4(9(13)17)10(14)18-8(2)5(12)7(3)16/h1,16H,14H2,(H2,13,17). The molecule has 0 saturated heterocycles. The highest BCUT2D eigenvalue weighted by Gasteiger charge is 2.20. The molecule has 5 N–H and O–H groups in total. The quantitative estimate of drug-likeness (QED) is 0.698. The first kappa shape index (κ1) is 12.9. The molecule has 0 atom stereocenters. The average molecular weight is 378 g/mol. The molecule has 0 fully saturated rings. The van der Waals surface area contributed by atoms with Crippen LogP contribution in [0.4, 0.5) is 5.88 Å². The third-order valence-corrected chi connectivity index (χ3v) is 3.67. The third-order valence-electron chi connectivity index (χ3n) is 2.33. The summed E-state index contributed by atoms with van der Waals surface area (Å²) in [5, 5.41) is 9.75. The van der Waals surface area contributed by atoms with E-state index >= 15 is 0 Å². The van der Waals surface area contributed by atoms with Crippen molar-refractivity contribution in [3.05, 3.63) is 30.8 Å². The van der Waals surface area contributed by atoms with Crippen LogP contribution >= 0.6 is 31.9 Å². The minimum atomic E-state index is -0.969. The molecular formula is C10H6Br2N2O4. The highest BCUT2D eigenvalue weighted by atomic mass is 79.9. The number of fused-ring (bicyclic) bond motifs is 1. The number of amides is 1. The molecule has 0 aliphatic rings. The van der Waals surface area contributed by atoms with Crippen molar-refractivity contribution < 1.29 is 14.3 Å². The average Bonchev–Trinajstić information content (AvgIpc) is 2.28. The van der Waals surface area contributed by atoms with Gasteiger partial charge in [0.15, 0.2) is 5.58 Å². The van der Waals surface area contributed by atoms with Crippen LogP contribution in [-0.2, 0) is 0 Å². The van der Waals surface area contributed by atoms with Crippen LogP contribution in [0.15, 0.2) is 24.2 Å². The summed E-state index contributed by atoms with van der Waals surface area (Å²) >= 11 is 6.15. The Kier molecular flexibility index (Phi) is 3.07. The Morgan fingerprint density at radius 3 is 2.56 bits per heavy atom. The zero-order valence-electron chi connectivity index (χ0n) is 8.66. The maximum atomic E-state index is 12.0. The second-order valence-corrected chi connectivity index (χ2v) is 5.08. The molecule has 0 bridgehead atoms. The van der Waals surface area contributed by atoms with E-state index in [0.29, 0.717) is 0 Å². The van der Waals surface area contributed by atoms with Gasteiger partial charge >= 0.3 is 0 Å². The van der Waals surface area contributed by atoms with E-state index in [-0.39, 0.29) is 31.5 Å². The number of anilines is 1. The number of rotatable bonds is 1. The number of phenolic OH excluding ortho intramolecular Hbond substituents is 1. The molecular weight excluding hydrogens is 372 g/mol. The molecule has 1 heterocycles. The number of hydrogen-bond acceptors (Lipinski definition) is 5. The van der Waals surface area contributed by atoms with Gasteiger partial charge in [0.1, 0.15) is 15.8 Å². The van der Waals surface area contributed by atoms with Gasteiger partial charge < -0.3 is 21.0 Å². The van der Waals surface area contributed by atoms with Gasteiger partial charge in [-0.25, -0.2) is 0 Å². The number of hydrogen-bond donors (Lipinski definition) is 3. The minimum absolute atomic E-state index is 0.0446. The Labute approximate surface area is 117 Å². The number of primary amides is 1. The van der Waals surface area contributed by atoms with Gasteiger partial charge in [0, 0.05) is 0 Å². The van der Waals surface area contributed by atoms with E-state index in [1.54, 1.807) is 0 Å². The van der Waals surface area contributed by atoms with E-state index in [9.17, 15) is 14.7 Å². The summed E-state index contributed by atoms with van der Waals surface area (Å²) < 4.78 is 5.58. The Morgan fingerprint density at radius 1 is 1.39 bits per heavy atom. The van der Waals surface area contributed by atoms with Crippen molar-refractivity contribution in [3.8, 4) is 5.75 Å². The van der Waals surface area contributed by atoms with Crippen LogP contribution in [0.5, 0.6) is 5.75 Å². The van der Waals surface area contributed by atoms with Gasteiger partial charge in [-0.15, -0.1) is 0 Å². The number of aromatic hydroxyl groups is 1. The number of halogens is 2. The lowest BCUT2D eigenvalue weighted by Crippen LogP contribution is -2.23. The van der Waals surface area contributed by atoms with Crippen molar-refractivity contribution in [2.24, 2.45) is 5.73 Å². The smallest absolute Gasteiger partial charge is 0.258 e. The van der Waals surface area contributed by atoms with Crippen LogP contribution in [0.2, 0.25) is 0 Å². The Morgan fingerprint density at radius 2 is 2.00 bits per heavy atom. The van der Waals surface area contributed by atoms with E-state index in [0.717, 1.165) is 0 Å². The molecule has 0 aliphatic carbocycles. The van der Waals surface area contributed by atoms with Crippen molar-refractivity contribution in [3.63, 3.8) is 0 Å². The number of phenols is 1. The summed E-state index contributed by atoms with van der Waals surface area (Å²) in [5.41, 5.74) is 9.51. The highest BCUT2D eigenvalue weighted by molar-refractivity contribution is 9.11. The second kappa shape index (κ2) is 4.29. The van der Waals surface area contributed by atoms with Crippen LogP contribution in [0.25, 0.3) is 11.0 Å². The first-order valence-corrected chi connectivity index (χ1v) is 6.16. The van der Waals surface area contributed by atoms with Crippen LogP contribution in [-0.4, -0.2) is 11.0 Å². The van der Waals surface area contributed by atoms with Crippen LogP contribution in [0.1, 0.15) is 10.4 Å². The Balaban J connectivity index is 3.06. The van der Waals surface area contributed by atoms with Crippen molar-refractivity contribution in [2.45, 2.75) is 0 Å². The van der Waals surface area contributed by atoms with E-state index in [4.69, 9.17) is 15.9 Å². The SMILES string of the molecule is NC(=O)c1c(N)oc2c(Br)c(O)c(Br)cc2c1=O. The number of nitrogen functional groups attached to an aromatic ring is 1. The number of benzene rings is 1. The van der Waals surface area contributed by atoms with Gasteiger partial charge in [-0.05, 0) is 37.9 Å². The lowest BCUT2D eigenvalue weighted by molar-refractivity contribution is 0.0999. The predicted molar refractivity (Wildman–Crippen MR) is 72.5 cm³/mol. The molecule has 1 amide bonds. The molecule has 1 aromatic carbocycles. The normalized spacial score (nSPS) is 10.8. The zero-order chi connectivity index (χ0) is 13.6. The summed E-state index contributed by atoms with van der Waals surface area (Å²) in [6.45, 7) is 0. The van der Waals surface area contributed by atoms with Crippen molar-refractivity contribution in [2.75, 3.05) is 5.73 Å². The predicted octanol–water partition coefficient (Wildman–Crippen LogP) is 1.70. The zero-order valence-corrected chi connectivity index (χ0v) is 11.8. The van der Waals surface area contributed by atoms with Gasteiger partial charge in [0.2, 0.25) is 11.3 Å². The molecule has 2 aromatic rings. The fourth-order valence-electron chi connectivity index (χ4n) is 1.50. The van der Waals surface area contributed by atoms with Crippen molar-refractivity contribution >= 4 is 54.6 Å². The molecule has 18 heavy (non-hydrogen) atoms. The number of nitrogens with two attached hydrogens (primary N) is 2. The fraction of sp³-hybridized carbons (Fsp3) is 0. The highest BCUT2D eigenvalue weighted by Crippen LogP contribution is 2.38. The largest absolute Gasteiger partial charge is 0.505 e. The van der Waals surface area contributed by atoms with Crippen LogP contribution in [0, 0.1) is 0 Å². The first-order chi connectivity index (χ1) is 8.34. The van der Waals surface area contributed by atoms with E-state index < -0.39 is 16.9 Å². The minimum Gasteiger partial charge on any atom is -0.505 e. The lowest BCUT2D eigenvalue weighted by atomic mass is 10.1. The number of carbonyl (C=O) groups is 1. The van der Waals surface area contributed by atoms with Gasteiger partial charge in [0.25, 0.3) is 5.91 Å². The molecule has 94 valence electrons. The summed E-state index contributed by atoms with van der Waals surface area (Å²) in [4.78, 5) is 23.2. The molecule has 0 unspecified atom stereocenters. The summed E-state index contributed by atoms with van der Waals surface area (Å²) in [7, 11) is 0. The number of carbonyl (C=O) groups excluding carboxylic acids is 1. The topological polar surface area (TPSA) is 120 Å². The van der Waals surface area contributed by atoms with Gasteiger partial charge in [-0.1, -0.05) is 0 Å². The van der Waals surface area contributed by atoms with E-state index in [1.807, 2.05) is 0 Å².